The molecule has 20 heavy (non-hydrogen) atoms. The quantitative estimate of drug-likeness (QED) is 0.507. The minimum atomic E-state index is -0.482. The number of anilines is 1. The summed E-state index contributed by atoms with van der Waals surface area (Å²) in [6.45, 7) is 1.34. The first-order valence-corrected chi connectivity index (χ1v) is 6.62. The SMILES string of the molecule is N#C/C(=C\N1CCNC1=S)C(=O)Nc1ccc(Cl)cc1. The molecule has 1 aliphatic rings. The Balaban J connectivity index is 2.09. The Kier molecular flexibility index (Phi) is 4.56. The lowest BCUT2D eigenvalue weighted by atomic mass is 10.2. The predicted octanol–water partition coefficient (Wildman–Crippen LogP) is 1.88. The van der Waals surface area contributed by atoms with E-state index in [1.807, 2.05) is 6.07 Å². The molecule has 0 bridgehead atoms. The fourth-order valence-electron chi connectivity index (χ4n) is 1.64. The fourth-order valence-corrected chi connectivity index (χ4v) is 2.01. The molecular weight excluding hydrogens is 296 g/mol. The van der Waals surface area contributed by atoms with Crippen LogP contribution in [0.5, 0.6) is 0 Å². The van der Waals surface area contributed by atoms with Crippen molar-refractivity contribution < 1.29 is 4.79 Å². The zero-order chi connectivity index (χ0) is 14.5. The van der Waals surface area contributed by atoms with Crippen LogP contribution in [-0.4, -0.2) is 29.0 Å². The van der Waals surface area contributed by atoms with Gasteiger partial charge in [0.05, 0.1) is 0 Å². The Bertz CT molecular complexity index is 606. The van der Waals surface area contributed by atoms with Crippen molar-refractivity contribution in [2.75, 3.05) is 18.4 Å². The lowest BCUT2D eigenvalue weighted by molar-refractivity contribution is -0.112. The van der Waals surface area contributed by atoms with Crippen molar-refractivity contribution in [3.63, 3.8) is 0 Å². The molecule has 102 valence electrons. The molecule has 0 aromatic heterocycles. The summed E-state index contributed by atoms with van der Waals surface area (Å²) in [5.74, 6) is -0.482. The summed E-state index contributed by atoms with van der Waals surface area (Å²) in [4.78, 5) is 13.7. The van der Waals surface area contributed by atoms with Crippen LogP contribution in [0.25, 0.3) is 0 Å². The normalized spacial score (nSPS) is 14.7. The van der Waals surface area contributed by atoms with Crippen LogP contribution >= 0.6 is 23.8 Å². The van der Waals surface area contributed by atoms with Crippen molar-refractivity contribution in [2.45, 2.75) is 0 Å². The number of benzene rings is 1. The number of hydrogen-bond donors (Lipinski definition) is 2. The highest BCUT2D eigenvalue weighted by molar-refractivity contribution is 7.80. The molecule has 1 aromatic carbocycles. The number of thiocarbonyl (C=S) groups is 1. The Morgan fingerprint density at radius 2 is 2.20 bits per heavy atom. The first-order chi connectivity index (χ1) is 9.60. The first-order valence-electron chi connectivity index (χ1n) is 5.83. The Morgan fingerprint density at radius 3 is 2.75 bits per heavy atom. The van der Waals surface area contributed by atoms with E-state index in [1.165, 1.54) is 6.20 Å². The number of rotatable bonds is 3. The van der Waals surface area contributed by atoms with E-state index in [1.54, 1.807) is 29.2 Å². The number of carbonyl (C=O) groups excluding carboxylic acids is 1. The maximum Gasteiger partial charge on any atom is 0.267 e. The molecule has 1 amide bonds. The Hall–Kier alpha value is -2.10. The molecule has 0 atom stereocenters. The highest BCUT2D eigenvalue weighted by Crippen LogP contribution is 2.14. The number of hydrogen-bond acceptors (Lipinski definition) is 3. The molecule has 5 nitrogen and oxygen atoms in total. The molecule has 1 aliphatic heterocycles. The number of nitriles is 1. The second kappa shape index (κ2) is 6.37. The van der Waals surface area contributed by atoms with E-state index >= 15 is 0 Å². The third-order valence-electron chi connectivity index (χ3n) is 2.64. The Labute approximate surface area is 126 Å². The zero-order valence-corrected chi connectivity index (χ0v) is 12.0. The summed E-state index contributed by atoms with van der Waals surface area (Å²) in [6.07, 6.45) is 1.45. The molecule has 2 N–H and O–H groups in total. The highest BCUT2D eigenvalue weighted by Gasteiger charge is 2.17. The van der Waals surface area contributed by atoms with Crippen LogP contribution in [0.15, 0.2) is 36.0 Å². The van der Waals surface area contributed by atoms with Crippen LogP contribution in [-0.2, 0) is 4.79 Å². The maximum atomic E-state index is 12.0. The van der Waals surface area contributed by atoms with E-state index in [4.69, 9.17) is 29.1 Å². The van der Waals surface area contributed by atoms with E-state index < -0.39 is 5.91 Å². The summed E-state index contributed by atoms with van der Waals surface area (Å²) in [7, 11) is 0. The van der Waals surface area contributed by atoms with E-state index in [-0.39, 0.29) is 5.57 Å². The van der Waals surface area contributed by atoms with Gasteiger partial charge in [0.15, 0.2) is 5.11 Å². The van der Waals surface area contributed by atoms with E-state index in [0.29, 0.717) is 28.9 Å². The third kappa shape index (κ3) is 3.47. The number of halogens is 1. The number of carbonyl (C=O) groups is 1. The van der Waals surface area contributed by atoms with Crippen molar-refractivity contribution in [3.05, 3.63) is 41.1 Å². The van der Waals surface area contributed by atoms with Crippen LogP contribution in [0.4, 0.5) is 5.69 Å². The molecule has 1 saturated heterocycles. The van der Waals surface area contributed by atoms with Crippen molar-refractivity contribution in [2.24, 2.45) is 0 Å². The number of nitrogens with one attached hydrogen (secondary N) is 2. The minimum absolute atomic E-state index is 0.00833. The molecule has 0 unspecified atom stereocenters. The molecule has 0 aliphatic carbocycles. The van der Waals surface area contributed by atoms with Crippen LogP contribution < -0.4 is 10.6 Å². The summed E-state index contributed by atoms with van der Waals surface area (Å²) in [6, 6.07) is 8.52. The Morgan fingerprint density at radius 1 is 1.50 bits per heavy atom. The van der Waals surface area contributed by atoms with Crippen molar-refractivity contribution in [1.82, 2.24) is 10.2 Å². The summed E-state index contributed by atoms with van der Waals surface area (Å²) >= 11 is 10.8. The molecule has 0 radical (unpaired) electrons. The van der Waals surface area contributed by atoms with Crippen LogP contribution in [0.1, 0.15) is 0 Å². The average Bonchev–Trinajstić information content (AvgIpc) is 2.84. The van der Waals surface area contributed by atoms with Gasteiger partial charge in [-0.1, -0.05) is 11.6 Å². The molecule has 1 aromatic rings. The van der Waals surface area contributed by atoms with E-state index in [2.05, 4.69) is 10.6 Å². The zero-order valence-electron chi connectivity index (χ0n) is 10.4. The van der Waals surface area contributed by atoms with Crippen LogP contribution in [0.2, 0.25) is 5.02 Å². The van der Waals surface area contributed by atoms with Crippen molar-refractivity contribution >= 4 is 40.5 Å². The molecule has 0 spiro atoms. The maximum absolute atomic E-state index is 12.0. The second-order valence-electron chi connectivity index (χ2n) is 4.04. The van der Waals surface area contributed by atoms with Gasteiger partial charge in [0.25, 0.3) is 5.91 Å². The van der Waals surface area contributed by atoms with Crippen molar-refractivity contribution in [3.8, 4) is 6.07 Å². The summed E-state index contributed by atoms with van der Waals surface area (Å²) in [5.41, 5.74) is 0.564. The molecule has 1 heterocycles. The average molecular weight is 307 g/mol. The van der Waals surface area contributed by atoms with E-state index in [9.17, 15) is 4.79 Å². The smallest absolute Gasteiger partial charge is 0.267 e. The predicted molar refractivity (Wildman–Crippen MR) is 81.1 cm³/mol. The second-order valence-corrected chi connectivity index (χ2v) is 4.86. The van der Waals surface area contributed by atoms with Gasteiger partial charge in [-0.15, -0.1) is 0 Å². The summed E-state index contributed by atoms with van der Waals surface area (Å²) < 4.78 is 0. The lowest BCUT2D eigenvalue weighted by Gasteiger charge is -2.11. The van der Waals surface area contributed by atoms with Gasteiger partial charge in [0.1, 0.15) is 11.6 Å². The molecule has 0 saturated carbocycles. The van der Waals surface area contributed by atoms with Gasteiger partial charge < -0.3 is 15.5 Å². The van der Waals surface area contributed by atoms with Crippen LogP contribution in [0.3, 0.4) is 0 Å². The van der Waals surface area contributed by atoms with Gasteiger partial charge in [-0.25, -0.2) is 0 Å². The van der Waals surface area contributed by atoms with Gasteiger partial charge in [0, 0.05) is 30.0 Å². The molecule has 2 rings (SSSR count). The van der Waals surface area contributed by atoms with Gasteiger partial charge in [-0.3, -0.25) is 4.79 Å². The van der Waals surface area contributed by atoms with Gasteiger partial charge in [-0.2, -0.15) is 5.26 Å². The first kappa shape index (κ1) is 14.3. The number of amides is 1. The van der Waals surface area contributed by atoms with E-state index in [0.717, 1.165) is 0 Å². The fraction of sp³-hybridized carbons (Fsp3) is 0.154. The summed E-state index contributed by atoms with van der Waals surface area (Å²) in [5, 5.41) is 15.7. The van der Waals surface area contributed by atoms with Gasteiger partial charge >= 0.3 is 0 Å². The molecule has 7 heteroatoms. The lowest BCUT2D eigenvalue weighted by Crippen LogP contribution is -2.25. The third-order valence-corrected chi connectivity index (χ3v) is 3.27. The molecule has 1 fully saturated rings. The topological polar surface area (TPSA) is 68.2 Å². The monoisotopic (exact) mass is 306 g/mol. The molecular formula is C13H11ClN4OS. The van der Waals surface area contributed by atoms with Gasteiger partial charge in [0.2, 0.25) is 0 Å². The van der Waals surface area contributed by atoms with Gasteiger partial charge in [-0.05, 0) is 36.5 Å². The largest absolute Gasteiger partial charge is 0.360 e. The van der Waals surface area contributed by atoms with Crippen LogP contribution in [0, 0.1) is 11.3 Å². The van der Waals surface area contributed by atoms with Crippen molar-refractivity contribution in [1.29, 1.82) is 5.26 Å². The highest BCUT2D eigenvalue weighted by atomic mass is 35.5. The number of nitrogens with zero attached hydrogens (tertiary/aromatic N) is 2. The standard InChI is InChI=1S/C13H11ClN4OS/c14-10-1-3-11(4-2-10)17-12(19)9(7-15)8-18-6-5-16-13(18)20/h1-4,8H,5-6H2,(H,16,20)(H,17,19)/b9-8+. The minimum Gasteiger partial charge on any atom is -0.360 e.